The summed E-state index contributed by atoms with van der Waals surface area (Å²) in [6, 6.07) is 52.1. The predicted molar refractivity (Wildman–Crippen MR) is 331 cm³/mol. The van der Waals surface area contributed by atoms with E-state index in [9.17, 15) is 0 Å². The summed E-state index contributed by atoms with van der Waals surface area (Å²) in [7, 11) is 0. The van der Waals surface area contributed by atoms with E-state index in [4.69, 9.17) is 37.9 Å². The van der Waals surface area contributed by atoms with Crippen molar-refractivity contribution in [1.82, 2.24) is 0 Å². The van der Waals surface area contributed by atoms with Crippen molar-refractivity contribution in [3.63, 3.8) is 0 Å². The molecule has 1 unspecified atom stereocenters. The number of rotatable bonds is 23. The van der Waals surface area contributed by atoms with Crippen LogP contribution in [-0.4, -0.2) is 99.1 Å². The molecule has 1 atom stereocenters. The van der Waals surface area contributed by atoms with Crippen molar-refractivity contribution in [1.29, 1.82) is 0 Å². The topological polar surface area (TPSA) is 73.8 Å². The Morgan fingerprint density at radius 1 is 0.390 bits per heavy atom. The van der Waals surface area contributed by atoms with Gasteiger partial charge in [-0.2, -0.15) is 0 Å². The Morgan fingerprint density at radius 3 is 1.32 bits per heavy atom. The molecule has 4 heterocycles. The molecule has 0 radical (unpaired) electrons. The van der Waals surface area contributed by atoms with Crippen LogP contribution >= 0.6 is 0 Å². The van der Waals surface area contributed by atoms with Gasteiger partial charge in [0.25, 0.3) is 0 Å². The second-order valence-corrected chi connectivity index (χ2v) is 26.5. The second kappa shape index (κ2) is 20.6. The first-order valence-electron chi connectivity index (χ1n) is 30.4. The molecule has 0 saturated carbocycles. The monoisotopic (exact) mass is 1090 g/mol. The summed E-state index contributed by atoms with van der Waals surface area (Å²) in [5, 5.41) is 15.4. The molecule has 10 aromatic carbocycles. The molecule has 82 heavy (non-hydrogen) atoms. The van der Waals surface area contributed by atoms with Crippen molar-refractivity contribution in [2.24, 2.45) is 21.7 Å². The summed E-state index contributed by atoms with van der Waals surface area (Å²) in [5.41, 5.74) is 12.7. The Hall–Kier alpha value is -6.04. The van der Waals surface area contributed by atoms with Crippen LogP contribution in [-0.2, 0) is 56.3 Å². The molecule has 420 valence electrons. The first-order valence-corrected chi connectivity index (χ1v) is 30.4. The van der Waals surface area contributed by atoms with Gasteiger partial charge in [0.1, 0.15) is 0 Å². The van der Waals surface area contributed by atoms with E-state index in [0.717, 1.165) is 98.2 Å². The fourth-order valence-corrected chi connectivity index (χ4v) is 14.6. The maximum atomic E-state index is 7.13. The van der Waals surface area contributed by atoms with Gasteiger partial charge in [0.15, 0.2) is 0 Å². The summed E-state index contributed by atoms with van der Waals surface area (Å²) in [5.74, 6) is 0. The maximum Gasteiger partial charge on any atom is 0.0717 e. The fraction of sp³-hybridized carbons (Fsp3) is 0.405. The van der Waals surface area contributed by atoms with E-state index >= 15 is 0 Å². The van der Waals surface area contributed by atoms with E-state index in [2.05, 4.69) is 161 Å². The molecular formula is C74H76O8. The Labute approximate surface area is 481 Å². The summed E-state index contributed by atoms with van der Waals surface area (Å²) < 4.78 is 48.9. The third kappa shape index (κ3) is 9.02. The third-order valence-corrected chi connectivity index (χ3v) is 20.0. The average Bonchev–Trinajstić information content (AvgIpc) is 2.57. The first kappa shape index (κ1) is 52.7. The predicted octanol–water partition coefficient (Wildman–Crippen LogP) is 15.9. The normalized spacial score (nSPS) is 20.1. The van der Waals surface area contributed by atoms with Gasteiger partial charge in [-0.3, -0.25) is 0 Å². The summed E-state index contributed by atoms with van der Waals surface area (Å²) in [6.45, 7) is 20.6. The van der Waals surface area contributed by atoms with Crippen LogP contribution in [0, 0.1) is 21.7 Å². The van der Waals surface area contributed by atoms with Gasteiger partial charge in [-0.15, -0.1) is 0 Å². The molecule has 8 nitrogen and oxygen atoms in total. The molecule has 15 rings (SSSR count). The minimum atomic E-state index is -0.456. The zero-order valence-electron chi connectivity index (χ0n) is 48.3. The Balaban J connectivity index is 0.806. The van der Waals surface area contributed by atoms with Crippen molar-refractivity contribution in [3.05, 3.63) is 156 Å². The molecule has 1 aliphatic carbocycles. The molecule has 10 aromatic rings. The number of hydrogen-bond donors (Lipinski definition) is 0. The molecule has 0 aromatic heterocycles. The van der Waals surface area contributed by atoms with Gasteiger partial charge in [0.2, 0.25) is 0 Å². The van der Waals surface area contributed by atoms with E-state index in [1.807, 2.05) is 0 Å². The van der Waals surface area contributed by atoms with Gasteiger partial charge in [0.05, 0.1) is 99.1 Å². The molecule has 0 N–H and O–H groups in total. The van der Waals surface area contributed by atoms with Crippen molar-refractivity contribution in [3.8, 4) is 33.4 Å². The molecule has 4 aliphatic heterocycles. The molecule has 0 bridgehead atoms. The smallest absolute Gasteiger partial charge is 0.0717 e. The largest absolute Gasteiger partial charge is 0.381 e. The first-order chi connectivity index (χ1) is 40.1. The van der Waals surface area contributed by atoms with Crippen LogP contribution < -0.4 is 0 Å². The third-order valence-electron chi connectivity index (χ3n) is 20.0. The number of benzene rings is 10. The lowest BCUT2D eigenvalue weighted by atomic mass is 9.74. The Bertz CT molecular complexity index is 3980. The maximum absolute atomic E-state index is 7.13. The Morgan fingerprint density at radius 2 is 0.829 bits per heavy atom. The van der Waals surface area contributed by atoms with E-state index in [1.165, 1.54) is 120 Å². The van der Waals surface area contributed by atoms with Gasteiger partial charge < -0.3 is 37.9 Å². The van der Waals surface area contributed by atoms with Gasteiger partial charge >= 0.3 is 0 Å². The van der Waals surface area contributed by atoms with Crippen LogP contribution in [0.25, 0.3) is 98.0 Å². The van der Waals surface area contributed by atoms with Crippen molar-refractivity contribution in [2.75, 3.05) is 99.1 Å². The highest BCUT2D eigenvalue weighted by Crippen LogP contribution is 2.55. The van der Waals surface area contributed by atoms with E-state index in [0.29, 0.717) is 39.6 Å². The van der Waals surface area contributed by atoms with Gasteiger partial charge in [-0.05, 0) is 177 Å². The lowest BCUT2D eigenvalue weighted by Crippen LogP contribution is -2.45. The van der Waals surface area contributed by atoms with E-state index in [-0.39, 0.29) is 21.7 Å². The molecule has 4 saturated heterocycles. The van der Waals surface area contributed by atoms with Gasteiger partial charge in [-0.1, -0.05) is 137 Å². The van der Waals surface area contributed by atoms with Crippen molar-refractivity contribution >= 4 is 64.6 Å². The number of hydrogen-bond acceptors (Lipinski definition) is 8. The van der Waals surface area contributed by atoms with Crippen LogP contribution in [0.3, 0.4) is 0 Å². The average molecular weight is 1090 g/mol. The van der Waals surface area contributed by atoms with Gasteiger partial charge in [0, 0.05) is 33.7 Å². The second-order valence-electron chi connectivity index (χ2n) is 26.5. The lowest BCUT2D eigenvalue weighted by molar-refractivity contribution is -0.152. The standard InChI is InChI=1S/C74H76O8/c1-5-72(43-81-44-72)41-76-27-24-48-28-54-10-8-50-12-18-58(62-22-16-56(29-48)66(54)68(50)62)52-14-20-60-61-21-15-53(33-65(61)74(64(60)32-52,47-80-40-71(4)38-79-39-71)25-7-26-75-35-70(3)36-78-37-70)59-19-13-51-9-11-55-30-49(34-77-42-73(6-2)45-82-46-73)31-57-17-23-63(59)69(51)67(55)57/h8-23,28-33H,5-7,24-27,34-47H2,1-4H3. The molecule has 8 heteroatoms. The quantitative estimate of drug-likeness (QED) is 0.0463. The fourth-order valence-electron chi connectivity index (χ4n) is 14.6. The van der Waals surface area contributed by atoms with E-state index in [1.54, 1.807) is 0 Å². The highest BCUT2D eigenvalue weighted by molar-refractivity contribution is 6.27. The number of fused-ring (bicyclic) bond motifs is 3. The van der Waals surface area contributed by atoms with Gasteiger partial charge in [-0.25, -0.2) is 0 Å². The highest BCUT2D eigenvalue weighted by Gasteiger charge is 2.45. The van der Waals surface area contributed by atoms with Crippen LogP contribution in [0.4, 0.5) is 0 Å². The highest BCUT2D eigenvalue weighted by atomic mass is 16.5. The molecular weight excluding hydrogens is 1020 g/mol. The minimum Gasteiger partial charge on any atom is -0.381 e. The molecule has 0 spiro atoms. The SMILES string of the molecule is CCC1(COCCc2cc3ccc4ccc(-c5ccc6c(c5)C(CCCOCC5(C)COC5)(COCC5(C)COC5)c5cc(-c7ccc8ccc9cc(COCC%10(CC)COC%10)cc%10ccc7c8c9%10)ccc5-6)c5ccc(c2)c3c45)COC1. The molecule has 0 amide bonds. The van der Waals surface area contributed by atoms with Crippen LogP contribution in [0.2, 0.25) is 0 Å². The zero-order chi connectivity index (χ0) is 55.3. The van der Waals surface area contributed by atoms with Crippen LogP contribution in [0.1, 0.15) is 75.6 Å². The number of ether oxygens (including phenoxy) is 8. The minimum absolute atomic E-state index is 0.00288. The van der Waals surface area contributed by atoms with Crippen molar-refractivity contribution in [2.45, 2.75) is 71.8 Å². The van der Waals surface area contributed by atoms with E-state index < -0.39 is 5.41 Å². The van der Waals surface area contributed by atoms with Crippen LogP contribution in [0.5, 0.6) is 0 Å². The summed E-state index contributed by atoms with van der Waals surface area (Å²) in [6.07, 6.45) is 4.80. The summed E-state index contributed by atoms with van der Waals surface area (Å²) in [4.78, 5) is 0. The van der Waals surface area contributed by atoms with Crippen molar-refractivity contribution < 1.29 is 37.9 Å². The lowest BCUT2D eigenvalue weighted by Gasteiger charge is -2.40. The zero-order valence-corrected chi connectivity index (χ0v) is 48.3. The summed E-state index contributed by atoms with van der Waals surface area (Å²) >= 11 is 0. The molecule has 5 aliphatic rings. The Kier molecular flexibility index (Phi) is 13.3. The molecule has 4 fully saturated rings. The van der Waals surface area contributed by atoms with Crippen LogP contribution in [0.15, 0.2) is 133 Å².